The van der Waals surface area contributed by atoms with Crippen LogP contribution >= 0.6 is 0 Å². The lowest BCUT2D eigenvalue weighted by Gasteiger charge is -2.36. The molecule has 0 unspecified atom stereocenters. The zero-order valence-electron chi connectivity index (χ0n) is 19.1. The highest BCUT2D eigenvalue weighted by molar-refractivity contribution is 5.95. The van der Waals surface area contributed by atoms with Gasteiger partial charge in [-0.2, -0.15) is 0 Å². The van der Waals surface area contributed by atoms with Gasteiger partial charge in [0.1, 0.15) is 0 Å². The molecule has 9 heteroatoms. The van der Waals surface area contributed by atoms with Crippen molar-refractivity contribution < 1.29 is 19.1 Å². The molecule has 3 rings (SSSR count). The third kappa shape index (κ3) is 5.40. The summed E-state index contributed by atoms with van der Waals surface area (Å²) in [4.78, 5) is 43.5. The number of rotatable bonds is 6. The summed E-state index contributed by atoms with van der Waals surface area (Å²) in [6.45, 7) is 7.62. The maximum atomic E-state index is 13.0. The molecule has 1 aromatic rings. The number of nitrogens with one attached hydrogen (secondary N) is 2. The number of nitrogens with zero attached hydrogens (tertiary/aromatic N) is 3. The number of carbonyl (C=O) groups excluding carboxylic acids is 3. The number of hydrogen-bond acceptors (Lipinski definition) is 5. The van der Waals surface area contributed by atoms with Gasteiger partial charge in [0.25, 0.3) is 0 Å². The van der Waals surface area contributed by atoms with Gasteiger partial charge < -0.3 is 20.3 Å². The highest BCUT2D eigenvalue weighted by atomic mass is 16.5. The first-order valence-electron chi connectivity index (χ1n) is 11.2. The summed E-state index contributed by atoms with van der Waals surface area (Å²) in [5.41, 5.74) is 1.91. The van der Waals surface area contributed by atoms with E-state index < -0.39 is 12.0 Å². The highest BCUT2D eigenvalue weighted by Gasteiger charge is 2.37. The summed E-state index contributed by atoms with van der Waals surface area (Å²) in [5, 5.41) is 5.78. The fourth-order valence-corrected chi connectivity index (χ4v) is 4.10. The number of amides is 4. The first-order valence-corrected chi connectivity index (χ1v) is 11.2. The van der Waals surface area contributed by atoms with Crippen LogP contribution in [0.2, 0.25) is 0 Å². The van der Waals surface area contributed by atoms with Crippen LogP contribution in [-0.2, 0) is 9.53 Å². The summed E-state index contributed by atoms with van der Waals surface area (Å²) in [7, 11) is 1.67. The molecule has 4 amide bonds. The second-order valence-corrected chi connectivity index (χ2v) is 7.89. The Labute approximate surface area is 189 Å². The van der Waals surface area contributed by atoms with E-state index in [1.807, 2.05) is 42.2 Å². The van der Waals surface area contributed by atoms with Crippen molar-refractivity contribution in [3.05, 3.63) is 47.2 Å². The van der Waals surface area contributed by atoms with Gasteiger partial charge in [-0.05, 0) is 25.8 Å². The largest absolute Gasteiger partial charge is 0.463 e. The second kappa shape index (κ2) is 11.0. The zero-order valence-corrected chi connectivity index (χ0v) is 19.1. The van der Waals surface area contributed by atoms with Gasteiger partial charge in [0.15, 0.2) is 0 Å². The molecule has 0 radical (unpaired) electrons. The molecule has 0 spiro atoms. The summed E-state index contributed by atoms with van der Waals surface area (Å²) in [6.07, 6.45) is 0.817. The van der Waals surface area contributed by atoms with Crippen molar-refractivity contribution in [3.8, 4) is 0 Å². The van der Waals surface area contributed by atoms with Crippen molar-refractivity contribution in [2.45, 2.75) is 26.3 Å². The van der Waals surface area contributed by atoms with Gasteiger partial charge >= 0.3 is 18.0 Å². The van der Waals surface area contributed by atoms with Crippen LogP contribution in [0.4, 0.5) is 9.59 Å². The Hall–Kier alpha value is -3.07. The molecule has 32 heavy (non-hydrogen) atoms. The molecule has 2 aliphatic rings. The maximum Gasteiger partial charge on any atom is 0.338 e. The molecule has 2 heterocycles. The van der Waals surface area contributed by atoms with Crippen molar-refractivity contribution in [3.63, 3.8) is 0 Å². The van der Waals surface area contributed by atoms with Crippen molar-refractivity contribution in [1.82, 2.24) is 25.3 Å². The lowest BCUT2D eigenvalue weighted by molar-refractivity contribution is -0.139. The van der Waals surface area contributed by atoms with Crippen LogP contribution < -0.4 is 10.6 Å². The Morgan fingerprint density at radius 2 is 1.88 bits per heavy atom. The van der Waals surface area contributed by atoms with E-state index in [-0.39, 0.29) is 18.7 Å². The third-order valence-corrected chi connectivity index (χ3v) is 5.78. The number of likely N-dealkylation sites (N-methyl/N-ethyl adjacent to an activating group) is 1. The van der Waals surface area contributed by atoms with Gasteiger partial charge in [-0.25, -0.2) is 14.4 Å². The number of carbonyl (C=O) groups is 3. The van der Waals surface area contributed by atoms with Crippen LogP contribution in [0.3, 0.4) is 0 Å². The normalized spacial score (nSPS) is 20.0. The third-order valence-electron chi connectivity index (χ3n) is 5.78. The van der Waals surface area contributed by atoms with E-state index >= 15 is 0 Å². The fourth-order valence-electron chi connectivity index (χ4n) is 4.10. The molecule has 1 aromatic carbocycles. The average molecular weight is 444 g/mol. The summed E-state index contributed by atoms with van der Waals surface area (Å²) in [5.74, 6) is -0.429. The molecule has 1 fully saturated rings. The highest BCUT2D eigenvalue weighted by Crippen LogP contribution is 2.31. The van der Waals surface area contributed by atoms with Crippen LogP contribution in [0.15, 0.2) is 41.6 Å². The minimum Gasteiger partial charge on any atom is -0.463 e. The van der Waals surface area contributed by atoms with E-state index in [4.69, 9.17) is 4.74 Å². The molecule has 0 saturated carbocycles. The van der Waals surface area contributed by atoms with Crippen molar-refractivity contribution >= 4 is 18.0 Å². The van der Waals surface area contributed by atoms with E-state index in [0.29, 0.717) is 44.0 Å². The van der Waals surface area contributed by atoms with E-state index in [2.05, 4.69) is 15.5 Å². The molecule has 0 bridgehead atoms. The molecular formula is C23H33N5O4. The fraction of sp³-hybridized carbons (Fsp3) is 0.522. The van der Waals surface area contributed by atoms with Gasteiger partial charge in [0.05, 0.1) is 18.2 Å². The molecule has 0 aliphatic carbocycles. The van der Waals surface area contributed by atoms with Crippen molar-refractivity contribution in [2.75, 3.05) is 52.9 Å². The van der Waals surface area contributed by atoms with Gasteiger partial charge in [-0.1, -0.05) is 30.3 Å². The van der Waals surface area contributed by atoms with Crippen molar-refractivity contribution in [1.29, 1.82) is 0 Å². The summed E-state index contributed by atoms with van der Waals surface area (Å²) in [6, 6.07) is 8.55. The lowest BCUT2D eigenvalue weighted by Crippen LogP contribution is -2.49. The zero-order chi connectivity index (χ0) is 23.1. The first-order chi connectivity index (χ1) is 15.5. The van der Waals surface area contributed by atoms with Crippen LogP contribution in [0.5, 0.6) is 0 Å². The van der Waals surface area contributed by atoms with E-state index in [9.17, 15) is 14.4 Å². The Kier molecular flexibility index (Phi) is 8.10. The number of urea groups is 2. The summed E-state index contributed by atoms with van der Waals surface area (Å²) < 4.78 is 5.38. The number of esters is 1. The average Bonchev–Trinajstić information content (AvgIpc) is 3.03. The van der Waals surface area contributed by atoms with E-state index in [1.165, 1.54) is 4.90 Å². The molecule has 2 aliphatic heterocycles. The Balaban J connectivity index is 1.89. The van der Waals surface area contributed by atoms with Crippen LogP contribution in [-0.4, -0.2) is 85.7 Å². The Morgan fingerprint density at radius 3 is 2.56 bits per heavy atom. The van der Waals surface area contributed by atoms with Crippen LogP contribution in [0, 0.1) is 0 Å². The van der Waals surface area contributed by atoms with Gasteiger partial charge in [-0.3, -0.25) is 9.80 Å². The van der Waals surface area contributed by atoms with Crippen molar-refractivity contribution in [2.24, 2.45) is 0 Å². The molecule has 1 saturated heterocycles. The molecule has 174 valence electrons. The Morgan fingerprint density at radius 1 is 1.12 bits per heavy atom. The van der Waals surface area contributed by atoms with Gasteiger partial charge in [-0.15, -0.1) is 0 Å². The quantitative estimate of drug-likeness (QED) is 0.656. The van der Waals surface area contributed by atoms with Crippen LogP contribution in [0.25, 0.3) is 0 Å². The minimum atomic E-state index is -0.576. The van der Waals surface area contributed by atoms with Gasteiger partial charge in [0.2, 0.25) is 0 Å². The predicted molar refractivity (Wildman–Crippen MR) is 121 cm³/mol. The summed E-state index contributed by atoms with van der Waals surface area (Å²) >= 11 is 0. The minimum absolute atomic E-state index is 0.0564. The molecular weight excluding hydrogens is 410 g/mol. The number of benzene rings is 1. The van der Waals surface area contributed by atoms with E-state index in [0.717, 1.165) is 18.5 Å². The molecule has 0 aromatic heterocycles. The predicted octanol–water partition coefficient (Wildman–Crippen LogP) is 1.94. The maximum absolute atomic E-state index is 13.0. The first kappa shape index (κ1) is 23.6. The SMILES string of the molecule is CCNC(=O)N1CCCN(CC2=C(C(=O)OCC)[C@@H](c3ccccc3)NC(=O)N2C)CC1. The Bertz CT molecular complexity index is 857. The van der Waals surface area contributed by atoms with E-state index in [1.54, 1.807) is 14.0 Å². The standard InChI is InChI=1S/C23H33N5O4/c1-4-24-22(30)28-13-9-12-27(14-15-28)16-18-19(21(29)32-5-2)20(25-23(31)26(18)3)17-10-7-6-8-11-17/h6-8,10-11,20H,4-5,9,12-16H2,1-3H3,(H,24,30)(H,25,31)/t20-/m1/s1. The monoisotopic (exact) mass is 443 g/mol. The second-order valence-electron chi connectivity index (χ2n) is 7.89. The smallest absolute Gasteiger partial charge is 0.338 e. The van der Waals surface area contributed by atoms with Crippen LogP contribution in [0.1, 0.15) is 31.9 Å². The van der Waals surface area contributed by atoms with Gasteiger partial charge in [0, 0.05) is 52.0 Å². The molecule has 1 atom stereocenters. The molecule has 9 nitrogen and oxygen atoms in total. The number of hydrogen-bond donors (Lipinski definition) is 2. The number of ether oxygens (including phenoxy) is 1. The topological polar surface area (TPSA) is 94.2 Å². The molecule has 2 N–H and O–H groups in total. The lowest BCUT2D eigenvalue weighted by atomic mass is 9.94.